The summed E-state index contributed by atoms with van der Waals surface area (Å²) in [6.07, 6.45) is 0. The van der Waals surface area contributed by atoms with Crippen LogP contribution in [0.5, 0.6) is 5.75 Å². The first-order chi connectivity index (χ1) is 10.9. The van der Waals surface area contributed by atoms with Gasteiger partial charge in [0.25, 0.3) is 10.0 Å². The van der Waals surface area contributed by atoms with Gasteiger partial charge in [0.1, 0.15) is 12.4 Å². The molecule has 1 aliphatic heterocycles. The van der Waals surface area contributed by atoms with Crippen LogP contribution in [0.2, 0.25) is 5.02 Å². The molecule has 0 spiro atoms. The fraction of sp³-hybridized carbons (Fsp3) is 0.250. The Morgan fingerprint density at radius 3 is 2.74 bits per heavy atom. The molecule has 23 heavy (non-hydrogen) atoms. The monoisotopic (exact) mass is 352 g/mol. The summed E-state index contributed by atoms with van der Waals surface area (Å²) in [7, 11) is -1.77. The number of hydrogen-bond donors (Lipinski definition) is 1. The zero-order chi connectivity index (χ0) is 16.6. The summed E-state index contributed by atoms with van der Waals surface area (Å²) in [5.41, 5.74) is 2.04. The highest BCUT2D eigenvalue weighted by Gasteiger charge is 2.21. The van der Waals surface area contributed by atoms with Crippen molar-refractivity contribution in [3.63, 3.8) is 0 Å². The number of ether oxygens (including phenoxy) is 1. The van der Waals surface area contributed by atoms with E-state index in [1.54, 1.807) is 43.3 Å². The Morgan fingerprint density at radius 2 is 2.00 bits per heavy atom. The van der Waals surface area contributed by atoms with Gasteiger partial charge in [-0.1, -0.05) is 11.6 Å². The Balaban J connectivity index is 1.95. The Bertz CT molecular complexity index is 852. The molecule has 1 N–H and O–H groups in total. The highest BCUT2D eigenvalue weighted by Crippen LogP contribution is 2.33. The highest BCUT2D eigenvalue weighted by molar-refractivity contribution is 7.92. The smallest absolute Gasteiger partial charge is 0.261 e. The van der Waals surface area contributed by atoms with Crippen molar-refractivity contribution in [2.75, 3.05) is 29.8 Å². The second-order valence-corrected chi connectivity index (χ2v) is 7.58. The Morgan fingerprint density at radius 1 is 1.22 bits per heavy atom. The van der Waals surface area contributed by atoms with Gasteiger partial charge in [0, 0.05) is 12.1 Å². The topological polar surface area (TPSA) is 58.6 Å². The van der Waals surface area contributed by atoms with Crippen molar-refractivity contribution in [2.24, 2.45) is 0 Å². The molecule has 0 radical (unpaired) electrons. The molecule has 7 heteroatoms. The number of halogens is 1. The van der Waals surface area contributed by atoms with E-state index in [0.717, 1.165) is 17.8 Å². The van der Waals surface area contributed by atoms with E-state index in [4.69, 9.17) is 16.3 Å². The average molecular weight is 353 g/mol. The minimum absolute atomic E-state index is 0.197. The normalized spacial score (nSPS) is 14.1. The number of benzene rings is 2. The van der Waals surface area contributed by atoms with Crippen LogP contribution in [-0.2, 0) is 10.0 Å². The number of hydrogen-bond acceptors (Lipinski definition) is 4. The molecule has 122 valence electrons. The Hall–Kier alpha value is -1.92. The first kappa shape index (κ1) is 16.0. The van der Waals surface area contributed by atoms with Crippen molar-refractivity contribution in [3.8, 4) is 5.75 Å². The number of likely N-dealkylation sites (N-methyl/N-ethyl adjacent to an activating group) is 1. The molecule has 0 aromatic heterocycles. The van der Waals surface area contributed by atoms with E-state index in [-0.39, 0.29) is 4.90 Å². The van der Waals surface area contributed by atoms with E-state index in [9.17, 15) is 8.42 Å². The van der Waals surface area contributed by atoms with Gasteiger partial charge in [-0.25, -0.2) is 8.42 Å². The van der Waals surface area contributed by atoms with E-state index >= 15 is 0 Å². The summed E-state index contributed by atoms with van der Waals surface area (Å²) in [6.45, 7) is 3.12. The Labute approximate surface area is 140 Å². The van der Waals surface area contributed by atoms with Crippen LogP contribution in [-0.4, -0.2) is 28.6 Å². The maximum Gasteiger partial charge on any atom is 0.261 e. The summed E-state index contributed by atoms with van der Waals surface area (Å²) in [4.78, 5) is 2.17. The molecule has 1 aliphatic rings. The third-order valence-electron chi connectivity index (χ3n) is 3.77. The zero-order valence-corrected chi connectivity index (χ0v) is 14.4. The van der Waals surface area contributed by atoms with Crippen LogP contribution in [0.3, 0.4) is 0 Å². The van der Waals surface area contributed by atoms with Crippen molar-refractivity contribution in [2.45, 2.75) is 11.8 Å². The average Bonchev–Trinajstić information content (AvgIpc) is 2.50. The van der Waals surface area contributed by atoms with Crippen LogP contribution in [0.4, 0.5) is 11.4 Å². The largest absolute Gasteiger partial charge is 0.490 e. The van der Waals surface area contributed by atoms with Gasteiger partial charge >= 0.3 is 0 Å². The van der Waals surface area contributed by atoms with E-state index in [2.05, 4.69) is 4.72 Å². The lowest BCUT2D eigenvalue weighted by atomic mass is 10.2. The summed E-state index contributed by atoms with van der Waals surface area (Å²) in [6, 6.07) is 9.89. The van der Waals surface area contributed by atoms with Crippen molar-refractivity contribution >= 4 is 33.0 Å². The lowest BCUT2D eigenvalue weighted by molar-refractivity contribution is 0.311. The first-order valence-corrected chi connectivity index (χ1v) is 9.00. The van der Waals surface area contributed by atoms with Gasteiger partial charge in [-0.2, -0.15) is 0 Å². The molecule has 0 saturated heterocycles. The fourth-order valence-corrected chi connectivity index (χ4v) is 3.82. The number of anilines is 2. The second-order valence-electron chi connectivity index (χ2n) is 5.46. The standard InChI is InChI=1S/C16H17ClN2O3S/c1-11-9-12(17)3-5-14(11)18-23(20,21)13-4-6-16-15(10-13)19(2)7-8-22-16/h3-6,9-10,18H,7-8H2,1-2H3. The molecule has 0 unspecified atom stereocenters. The van der Waals surface area contributed by atoms with Crippen molar-refractivity contribution in [3.05, 3.63) is 47.0 Å². The SMILES string of the molecule is Cc1cc(Cl)ccc1NS(=O)(=O)c1ccc2c(c1)N(C)CCO2. The maximum absolute atomic E-state index is 12.6. The lowest BCUT2D eigenvalue weighted by Crippen LogP contribution is -2.29. The van der Waals surface area contributed by atoms with Gasteiger partial charge in [-0.3, -0.25) is 4.72 Å². The summed E-state index contributed by atoms with van der Waals surface area (Å²) >= 11 is 5.90. The van der Waals surface area contributed by atoms with Gasteiger partial charge < -0.3 is 9.64 Å². The predicted molar refractivity (Wildman–Crippen MR) is 92.2 cm³/mol. The van der Waals surface area contributed by atoms with Crippen LogP contribution in [0, 0.1) is 6.92 Å². The molecule has 2 aromatic carbocycles. The number of aryl methyl sites for hydroxylation is 1. The molecule has 2 aromatic rings. The Kier molecular flexibility index (Phi) is 4.12. The molecule has 0 aliphatic carbocycles. The van der Waals surface area contributed by atoms with Gasteiger partial charge in [-0.15, -0.1) is 0 Å². The third-order valence-corrected chi connectivity index (χ3v) is 5.37. The molecule has 5 nitrogen and oxygen atoms in total. The molecule has 3 rings (SSSR count). The zero-order valence-electron chi connectivity index (χ0n) is 12.8. The molecule has 0 bridgehead atoms. The molecule has 0 atom stereocenters. The summed E-state index contributed by atoms with van der Waals surface area (Å²) in [5.74, 6) is 0.695. The summed E-state index contributed by atoms with van der Waals surface area (Å²) in [5, 5.41) is 0.568. The van der Waals surface area contributed by atoms with Gasteiger partial charge in [0.05, 0.1) is 22.8 Å². The first-order valence-electron chi connectivity index (χ1n) is 7.14. The van der Waals surface area contributed by atoms with E-state index < -0.39 is 10.0 Å². The maximum atomic E-state index is 12.6. The molecule has 0 saturated carbocycles. The van der Waals surface area contributed by atoms with Gasteiger partial charge in [0.2, 0.25) is 0 Å². The van der Waals surface area contributed by atoms with E-state index in [1.807, 2.05) is 11.9 Å². The predicted octanol–water partition coefficient (Wildman–Crippen LogP) is 3.28. The second kappa shape index (κ2) is 5.94. The minimum atomic E-state index is -3.68. The van der Waals surface area contributed by atoms with Crippen LogP contribution in [0.15, 0.2) is 41.3 Å². The number of fused-ring (bicyclic) bond motifs is 1. The summed E-state index contributed by atoms with van der Waals surface area (Å²) < 4.78 is 33.4. The van der Waals surface area contributed by atoms with Gasteiger partial charge in [0.15, 0.2) is 0 Å². The molecule has 1 heterocycles. The van der Waals surface area contributed by atoms with Crippen LogP contribution >= 0.6 is 11.6 Å². The fourth-order valence-electron chi connectivity index (χ4n) is 2.44. The lowest BCUT2D eigenvalue weighted by Gasteiger charge is -2.28. The molecule has 0 amide bonds. The van der Waals surface area contributed by atoms with Crippen LogP contribution in [0.25, 0.3) is 0 Å². The third kappa shape index (κ3) is 3.23. The molecular formula is C16H17ClN2O3S. The number of nitrogens with one attached hydrogen (secondary N) is 1. The van der Waals surface area contributed by atoms with Crippen molar-refractivity contribution in [1.29, 1.82) is 0 Å². The number of sulfonamides is 1. The molecular weight excluding hydrogens is 336 g/mol. The van der Waals surface area contributed by atoms with Crippen LogP contribution < -0.4 is 14.4 Å². The van der Waals surface area contributed by atoms with Gasteiger partial charge in [-0.05, 0) is 48.9 Å². The van der Waals surface area contributed by atoms with Crippen molar-refractivity contribution < 1.29 is 13.2 Å². The van der Waals surface area contributed by atoms with E-state index in [0.29, 0.717) is 23.1 Å². The highest BCUT2D eigenvalue weighted by atomic mass is 35.5. The minimum Gasteiger partial charge on any atom is -0.490 e. The molecule has 0 fully saturated rings. The van der Waals surface area contributed by atoms with Crippen molar-refractivity contribution in [1.82, 2.24) is 0 Å². The quantitative estimate of drug-likeness (QED) is 0.921. The van der Waals surface area contributed by atoms with E-state index in [1.165, 1.54) is 0 Å². The number of nitrogens with zero attached hydrogens (tertiary/aromatic N) is 1. The van der Waals surface area contributed by atoms with Crippen LogP contribution in [0.1, 0.15) is 5.56 Å². The number of rotatable bonds is 3.